The number of hydrogen-bond donors (Lipinski definition) is 0. The predicted molar refractivity (Wildman–Crippen MR) is 66.2 cm³/mol. The van der Waals surface area contributed by atoms with Gasteiger partial charge in [-0.05, 0) is 31.4 Å². The van der Waals surface area contributed by atoms with Crippen LogP contribution in [-0.2, 0) is 10.0 Å². The summed E-state index contributed by atoms with van der Waals surface area (Å²) in [5, 5.41) is 8.73. The average molecular weight is 270 g/mol. The molecule has 1 aromatic heterocycles. The Morgan fingerprint density at radius 2 is 2.24 bits per heavy atom. The zero-order chi connectivity index (χ0) is 12.5. The van der Waals surface area contributed by atoms with E-state index in [0.717, 1.165) is 30.6 Å². The van der Waals surface area contributed by atoms with Gasteiger partial charge in [-0.25, -0.2) is 8.42 Å². The zero-order valence-electron chi connectivity index (χ0n) is 9.59. The maximum absolute atomic E-state index is 12.4. The molecule has 1 aromatic rings. The van der Waals surface area contributed by atoms with Crippen molar-refractivity contribution in [2.45, 2.75) is 36.4 Å². The molecule has 1 aliphatic rings. The molecule has 0 amide bonds. The van der Waals surface area contributed by atoms with Gasteiger partial charge in [-0.3, -0.25) is 0 Å². The summed E-state index contributed by atoms with van der Waals surface area (Å²) in [4.78, 5) is 0.441. The molecule has 0 bridgehead atoms. The molecule has 4 nitrogen and oxygen atoms in total. The van der Waals surface area contributed by atoms with Gasteiger partial charge in [0, 0.05) is 12.6 Å². The normalized spacial score (nSPS) is 16.1. The second-order valence-electron chi connectivity index (χ2n) is 4.08. The molecule has 2 rings (SSSR count). The lowest BCUT2D eigenvalue weighted by atomic mass is 10.5. The Morgan fingerprint density at radius 3 is 2.71 bits per heavy atom. The molecule has 0 N–H and O–H groups in total. The minimum Gasteiger partial charge on any atom is -0.206 e. The Hall–Kier alpha value is -0.900. The van der Waals surface area contributed by atoms with Gasteiger partial charge in [-0.2, -0.15) is 9.57 Å². The first-order valence-electron chi connectivity index (χ1n) is 5.61. The van der Waals surface area contributed by atoms with Crippen LogP contribution in [0.3, 0.4) is 0 Å². The summed E-state index contributed by atoms with van der Waals surface area (Å²) in [6.07, 6.45) is 2.72. The highest BCUT2D eigenvalue weighted by molar-refractivity contribution is 7.91. The summed E-state index contributed by atoms with van der Waals surface area (Å²) in [7, 11) is -3.39. The Morgan fingerprint density at radius 1 is 1.53 bits per heavy atom. The lowest BCUT2D eigenvalue weighted by Gasteiger charge is -2.19. The molecular weight excluding hydrogens is 256 g/mol. The van der Waals surface area contributed by atoms with Crippen LogP contribution in [0.4, 0.5) is 0 Å². The number of nitriles is 1. The van der Waals surface area contributed by atoms with Crippen molar-refractivity contribution in [1.82, 2.24) is 4.31 Å². The van der Waals surface area contributed by atoms with Gasteiger partial charge in [0.2, 0.25) is 0 Å². The number of nitrogens with zero attached hydrogens (tertiary/aromatic N) is 2. The second-order valence-corrected chi connectivity index (χ2v) is 7.28. The summed E-state index contributed by atoms with van der Waals surface area (Å²) < 4.78 is 26.6. The third-order valence-electron chi connectivity index (χ3n) is 2.65. The van der Waals surface area contributed by atoms with Gasteiger partial charge in [-0.15, -0.1) is 11.3 Å². The fourth-order valence-corrected chi connectivity index (χ4v) is 4.73. The van der Waals surface area contributed by atoms with Crippen molar-refractivity contribution in [3.05, 3.63) is 17.0 Å². The number of rotatable bonds is 5. The second kappa shape index (κ2) is 4.77. The number of hydrogen-bond acceptors (Lipinski definition) is 4. The van der Waals surface area contributed by atoms with E-state index in [1.807, 2.05) is 13.0 Å². The van der Waals surface area contributed by atoms with Gasteiger partial charge < -0.3 is 0 Å². The van der Waals surface area contributed by atoms with Crippen molar-refractivity contribution in [2.75, 3.05) is 6.54 Å². The molecular formula is C11H14N2O2S2. The first kappa shape index (κ1) is 12.6. The largest absolute Gasteiger partial charge is 0.252 e. The summed E-state index contributed by atoms with van der Waals surface area (Å²) in [6, 6.07) is 5.24. The summed E-state index contributed by atoms with van der Waals surface area (Å²) in [6.45, 7) is 2.53. The Bertz CT molecular complexity index is 538. The summed E-state index contributed by atoms with van der Waals surface area (Å²) in [5.74, 6) is 0. The smallest absolute Gasteiger partial charge is 0.206 e. The van der Waals surface area contributed by atoms with Crippen LogP contribution >= 0.6 is 11.3 Å². The molecule has 0 radical (unpaired) electrons. The van der Waals surface area contributed by atoms with Crippen molar-refractivity contribution >= 4 is 21.4 Å². The zero-order valence-corrected chi connectivity index (χ0v) is 11.2. The maximum atomic E-state index is 12.4. The Labute approximate surface area is 106 Å². The van der Waals surface area contributed by atoms with Crippen LogP contribution in [0.5, 0.6) is 0 Å². The number of thiophene rings is 1. The fourth-order valence-electron chi connectivity index (χ4n) is 1.72. The third-order valence-corrected chi connectivity index (χ3v) is 6.06. The van der Waals surface area contributed by atoms with Crippen molar-refractivity contribution in [3.8, 4) is 6.07 Å². The SMILES string of the molecule is CCCN(C1CC1)S(=O)(=O)c1ccc(C#N)s1. The van der Waals surface area contributed by atoms with Gasteiger partial charge in [0.25, 0.3) is 10.0 Å². The van der Waals surface area contributed by atoms with Crippen LogP contribution in [0.25, 0.3) is 0 Å². The van der Waals surface area contributed by atoms with E-state index in [-0.39, 0.29) is 10.3 Å². The van der Waals surface area contributed by atoms with Crippen LogP contribution in [-0.4, -0.2) is 25.3 Å². The predicted octanol–water partition coefficient (Wildman–Crippen LogP) is 2.18. The van der Waals surface area contributed by atoms with Crippen LogP contribution in [0.2, 0.25) is 0 Å². The highest BCUT2D eigenvalue weighted by Crippen LogP contribution is 2.34. The molecule has 1 heterocycles. The van der Waals surface area contributed by atoms with Gasteiger partial charge in [-0.1, -0.05) is 6.92 Å². The third kappa shape index (κ3) is 2.51. The van der Waals surface area contributed by atoms with E-state index in [1.54, 1.807) is 10.4 Å². The van der Waals surface area contributed by atoms with Gasteiger partial charge in [0.05, 0.1) is 0 Å². The van der Waals surface area contributed by atoms with E-state index in [1.165, 1.54) is 6.07 Å². The molecule has 0 atom stereocenters. The molecule has 1 fully saturated rings. The van der Waals surface area contributed by atoms with E-state index in [4.69, 9.17) is 5.26 Å². The van der Waals surface area contributed by atoms with Crippen LogP contribution < -0.4 is 0 Å². The average Bonchev–Trinajstić information content (AvgIpc) is 3.01. The topological polar surface area (TPSA) is 61.2 Å². The van der Waals surface area contributed by atoms with Crippen molar-refractivity contribution in [1.29, 1.82) is 5.26 Å². The fraction of sp³-hybridized carbons (Fsp3) is 0.545. The van der Waals surface area contributed by atoms with E-state index < -0.39 is 10.0 Å². The first-order chi connectivity index (χ1) is 8.09. The van der Waals surface area contributed by atoms with E-state index >= 15 is 0 Å². The van der Waals surface area contributed by atoms with E-state index in [0.29, 0.717) is 11.4 Å². The molecule has 92 valence electrons. The van der Waals surface area contributed by atoms with Gasteiger partial charge in [0.15, 0.2) is 0 Å². The first-order valence-corrected chi connectivity index (χ1v) is 7.87. The lowest BCUT2D eigenvalue weighted by molar-refractivity contribution is 0.404. The highest BCUT2D eigenvalue weighted by Gasteiger charge is 2.38. The standard InChI is InChI=1S/C11H14N2O2S2/c1-2-7-13(9-3-4-9)17(14,15)11-6-5-10(8-12)16-11/h5-6,9H,2-4,7H2,1H3. The molecule has 0 spiro atoms. The molecule has 17 heavy (non-hydrogen) atoms. The minimum absolute atomic E-state index is 0.174. The Balaban J connectivity index is 2.30. The molecule has 0 unspecified atom stereocenters. The van der Waals surface area contributed by atoms with Crippen LogP contribution in [0.15, 0.2) is 16.3 Å². The van der Waals surface area contributed by atoms with Crippen molar-refractivity contribution < 1.29 is 8.42 Å². The van der Waals surface area contributed by atoms with Crippen molar-refractivity contribution in [2.24, 2.45) is 0 Å². The molecule has 0 saturated heterocycles. The summed E-state index contributed by atoms with van der Waals surface area (Å²) in [5.41, 5.74) is 0. The maximum Gasteiger partial charge on any atom is 0.252 e. The highest BCUT2D eigenvalue weighted by atomic mass is 32.2. The van der Waals surface area contributed by atoms with Crippen LogP contribution in [0.1, 0.15) is 31.1 Å². The monoisotopic (exact) mass is 270 g/mol. The summed E-state index contributed by atoms with van der Waals surface area (Å²) >= 11 is 1.05. The van der Waals surface area contributed by atoms with E-state index in [2.05, 4.69) is 0 Å². The molecule has 0 aromatic carbocycles. The van der Waals surface area contributed by atoms with Gasteiger partial charge >= 0.3 is 0 Å². The van der Waals surface area contributed by atoms with Crippen molar-refractivity contribution in [3.63, 3.8) is 0 Å². The molecule has 1 saturated carbocycles. The lowest BCUT2D eigenvalue weighted by Crippen LogP contribution is -2.33. The molecule has 0 aliphatic heterocycles. The minimum atomic E-state index is -3.39. The Kier molecular flexibility index (Phi) is 3.52. The molecule has 1 aliphatic carbocycles. The number of sulfonamides is 1. The van der Waals surface area contributed by atoms with Crippen LogP contribution in [0, 0.1) is 11.3 Å². The van der Waals surface area contributed by atoms with Gasteiger partial charge in [0.1, 0.15) is 15.2 Å². The quantitative estimate of drug-likeness (QED) is 0.824. The van der Waals surface area contributed by atoms with E-state index in [9.17, 15) is 8.42 Å². The molecule has 6 heteroatoms.